The van der Waals surface area contributed by atoms with Gasteiger partial charge >= 0.3 is 5.97 Å². The zero-order valence-corrected chi connectivity index (χ0v) is 17.6. The molecule has 154 valence electrons. The number of rotatable bonds is 7. The topological polar surface area (TPSA) is 102 Å². The highest BCUT2D eigenvalue weighted by atomic mass is 32.2. The van der Waals surface area contributed by atoms with E-state index in [4.69, 9.17) is 0 Å². The maximum absolute atomic E-state index is 12.7. The van der Waals surface area contributed by atoms with Crippen LogP contribution in [0, 0.1) is 20.8 Å². The molecule has 0 saturated heterocycles. The third kappa shape index (κ3) is 6.18. The van der Waals surface area contributed by atoms with Gasteiger partial charge in [-0.05, 0) is 63.1 Å². The van der Waals surface area contributed by atoms with Crippen LogP contribution >= 0.6 is 0 Å². The minimum absolute atomic E-state index is 0.0666. The molecule has 0 fully saturated rings. The summed E-state index contributed by atoms with van der Waals surface area (Å²) in [5.74, 6) is -1.14. The van der Waals surface area contributed by atoms with Crippen LogP contribution in [0.3, 0.4) is 0 Å². The fourth-order valence-corrected chi connectivity index (χ4v) is 3.97. The Balaban J connectivity index is 2.11. The van der Waals surface area contributed by atoms with E-state index in [1.807, 2.05) is 32.9 Å². The molecular formula is C21H24N2O5S. The molecule has 2 aromatic carbocycles. The molecule has 0 aliphatic rings. The monoisotopic (exact) mass is 416 g/mol. The number of carbonyl (C=O) groups excluding carboxylic acids is 2. The van der Waals surface area contributed by atoms with Gasteiger partial charge in [-0.15, -0.1) is 0 Å². The van der Waals surface area contributed by atoms with Gasteiger partial charge in [0.2, 0.25) is 5.91 Å². The third-order valence-corrected chi connectivity index (χ3v) is 5.37. The summed E-state index contributed by atoms with van der Waals surface area (Å²) < 4.78 is 32.7. The maximum atomic E-state index is 12.7. The standard InChI is InChI=1S/C21H24N2O5S/c1-5-28-20(25)11-10-19(24)22-17-6-8-18(9-7-17)29(26,27)23-21-15(3)12-14(2)13-16(21)4/h6-13,23H,5H2,1-4H3,(H,22,24). The number of anilines is 2. The third-order valence-electron chi connectivity index (χ3n) is 4.00. The Morgan fingerprint density at radius 3 is 2.14 bits per heavy atom. The molecule has 0 aliphatic carbocycles. The SMILES string of the molecule is CCOC(=O)C=CC(=O)Nc1ccc(S(=O)(=O)Nc2c(C)cc(C)cc2C)cc1. The van der Waals surface area contributed by atoms with E-state index in [-0.39, 0.29) is 11.5 Å². The van der Waals surface area contributed by atoms with Gasteiger partial charge in [-0.2, -0.15) is 0 Å². The van der Waals surface area contributed by atoms with Gasteiger partial charge in [0.25, 0.3) is 10.0 Å². The second kappa shape index (κ2) is 9.38. The molecule has 1 amide bonds. The van der Waals surface area contributed by atoms with Gasteiger partial charge in [-0.25, -0.2) is 13.2 Å². The van der Waals surface area contributed by atoms with Crippen molar-refractivity contribution >= 4 is 33.3 Å². The zero-order valence-electron chi connectivity index (χ0n) is 16.8. The Morgan fingerprint density at radius 2 is 1.59 bits per heavy atom. The first-order chi connectivity index (χ1) is 13.6. The molecule has 29 heavy (non-hydrogen) atoms. The van der Waals surface area contributed by atoms with E-state index in [0.717, 1.165) is 28.8 Å². The summed E-state index contributed by atoms with van der Waals surface area (Å²) >= 11 is 0. The van der Waals surface area contributed by atoms with Crippen LogP contribution in [0.5, 0.6) is 0 Å². The fourth-order valence-electron chi connectivity index (χ4n) is 2.77. The summed E-state index contributed by atoms with van der Waals surface area (Å²) in [6, 6.07) is 9.55. The van der Waals surface area contributed by atoms with Crippen molar-refractivity contribution in [3.63, 3.8) is 0 Å². The van der Waals surface area contributed by atoms with Gasteiger partial charge in [-0.3, -0.25) is 9.52 Å². The van der Waals surface area contributed by atoms with E-state index >= 15 is 0 Å². The van der Waals surface area contributed by atoms with Crippen LogP contribution in [0.4, 0.5) is 11.4 Å². The number of hydrogen-bond acceptors (Lipinski definition) is 5. The average Bonchev–Trinajstić information content (AvgIpc) is 2.64. The van der Waals surface area contributed by atoms with Gasteiger partial charge in [0.1, 0.15) is 0 Å². The van der Waals surface area contributed by atoms with Crippen molar-refractivity contribution in [2.24, 2.45) is 0 Å². The van der Waals surface area contributed by atoms with Gasteiger partial charge in [0.15, 0.2) is 0 Å². The fraction of sp³-hybridized carbons (Fsp3) is 0.238. The quantitative estimate of drug-likeness (QED) is 0.532. The molecule has 0 spiro atoms. The normalized spacial score (nSPS) is 11.3. The first-order valence-corrected chi connectivity index (χ1v) is 10.5. The van der Waals surface area contributed by atoms with Gasteiger partial charge in [0.05, 0.1) is 17.2 Å². The Morgan fingerprint density at radius 1 is 1.00 bits per heavy atom. The van der Waals surface area contributed by atoms with Gasteiger partial charge in [-0.1, -0.05) is 17.7 Å². The van der Waals surface area contributed by atoms with Crippen molar-refractivity contribution in [2.45, 2.75) is 32.6 Å². The second-order valence-corrected chi connectivity index (χ2v) is 8.16. The summed E-state index contributed by atoms with van der Waals surface area (Å²) in [6.45, 7) is 7.53. The van der Waals surface area contributed by atoms with Crippen LogP contribution in [0.25, 0.3) is 0 Å². The lowest BCUT2D eigenvalue weighted by atomic mass is 10.1. The molecule has 0 heterocycles. The van der Waals surface area contributed by atoms with Gasteiger partial charge < -0.3 is 10.1 Å². The lowest BCUT2D eigenvalue weighted by Gasteiger charge is -2.14. The summed E-state index contributed by atoms with van der Waals surface area (Å²) in [5, 5.41) is 2.54. The van der Waals surface area contributed by atoms with Crippen LogP contribution in [-0.4, -0.2) is 26.9 Å². The van der Waals surface area contributed by atoms with Crippen LogP contribution in [0.2, 0.25) is 0 Å². The highest BCUT2D eigenvalue weighted by molar-refractivity contribution is 7.92. The number of sulfonamides is 1. The molecule has 0 radical (unpaired) electrons. The molecule has 0 atom stereocenters. The maximum Gasteiger partial charge on any atom is 0.330 e. The predicted molar refractivity (Wildman–Crippen MR) is 112 cm³/mol. The average molecular weight is 416 g/mol. The number of ether oxygens (including phenoxy) is 1. The lowest BCUT2D eigenvalue weighted by molar-refractivity contribution is -0.137. The Labute approximate surface area is 170 Å². The van der Waals surface area contributed by atoms with Crippen LogP contribution in [-0.2, 0) is 24.3 Å². The number of nitrogens with one attached hydrogen (secondary N) is 2. The van der Waals surface area contributed by atoms with E-state index in [9.17, 15) is 18.0 Å². The number of hydrogen-bond donors (Lipinski definition) is 2. The van der Waals surface area contributed by atoms with Crippen molar-refractivity contribution in [1.29, 1.82) is 0 Å². The Kier molecular flexibility index (Phi) is 7.17. The molecule has 2 aromatic rings. The summed E-state index contributed by atoms with van der Waals surface area (Å²) in [5.41, 5.74) is 3.67. The van der Waals surface area contributed by atoms with Crippen molar-refractivity contribution in [1.82, 2.24) is 0 Å². The number of aryl methyl sites for hydroxylation is 3. The predicted octanol–water partition coefficient (Wildman–Crippen LogP) is 3.47. The summed E-state index contributed by atoms with van der Waals surface area (Å²) in [4.78, 5) is 23.1. The smallest absolute Gasteiger partial charge is 0.330 e. The molecule has 0 aromatic heterocycles. The Hall–Kier alpha value is -3.13. The molecule has 0 bridgehead atoms. The number of benzene rings is 2. The Bertz CT molecular complexity index is 1020. The van der Waals surface area contributed by atoms with Gasteiger partial charge in [0, 0.05) is 17.8 Å². The zero-order chi connectivity index (χ0) is 21.6. The van der Waals surface area contributed by atoms with Crippen LogP contribution in [0.15, 0.2) is 53.4 Å². The highest BCUT2D eigenvalue weighted by Gasteiger charge is 2.17. The minimum Gasteiger partial charge on any atom is -0.463 e. The van der Waals surface area contributed by atoms with Crippen LogP contribution < -0.4 is 10.0 Å². The first kappa shape index (κ1) is 22.2. The molecule has 0 unspecified atom stereocenters. The molecule has 2 N–H and O–H groups in total. The molecule has 0 saturated carbocycles. The second-order valence-electron chi connectivity index (χ2n) is 6.48. The van der Waals surface area contributed by atoms with Crippen molar-refractivity contribution in [2.75, 3.05) is 16.6 Å². The van der Waals surface area contributed by atoms with E-state index in [2.05, 4.69) is 14.8 Å². The number of amides is 1. The largest absolute Gasteiger partial charge is 0.463 e. The number of esters is 1. The van der Waals surface area contributed by atoms with E-state index in [1.54, 1.807) is 6.92 Å². The first-order valence-electron chi connectivity index (χ1n) is 8.99. The molecule has 2 rings (SSSR count). The summed E-state index contributed by atoms with van der Waals surface area (Å²) in [6.07, 6.45) is 2.07. The van der Waals surface area contributed by atoms with E-state index in [0.29, 0.717) is 11.4 Å². The minimum atomic E-state index is -3.78. The van der Waals surface area contributed by atoms with Crippen molar-refractivity contribution in [3.8, 4) is 0 Å². The molecule has 7 nitrogen and oxygen atoms in total. The highest BCUT2D eigenvalue weighted by Crippen LogP contribution is 2.25. The van der Waals surface area contributed by atoms with E-state index < -0.39 is 21.9 Å². The van der Waals surface area contributed by atoms with E-state index in [1.165, 1.54) is 24.3 Å². The molecule has 8 heteroatoms. The molecule has 0 aliphatic heterocycles. The summed E-state index contributed by atoms with van der Waals surface area (Å²) in [7, 11) is -3.78. The molecular weight excluding hydrogens is 392 g/mol. The number of carbonyl (C=O) groups is 2. The van der Waals surface area contributed by atoms with Crippen LogP contribution in [0.1, 0.15) is 23.6 Å². The van der Waals surface area contributed by atoms with Crippen molar-refractivity contribution in [3.05, 3.63) is 65.2 Å². The van der Waals surface area contributed by atoms with Crippen molar-refractivity contribution < 1.29 is 22.7 Å². The lowest BCUT2D eigenvalue weighted by Crippen LogP contribution is -2.15.